The van der Waals surface area contributed by atoms with Crippen LogP contribution in [-0.2, 0) is 6.54 Å². The van der Waals surface area contributed by atoms with E-state index < -0.39 is 5.97 Å². The van der Waals surface area contributed by atoms with E-state index in [1.165, 1.54) is 23.5 Å². The first-order chi connectivity index (χ1) is 8.58. The minimum absolute atomic E-state index is 0.142. The van der Waals surface area contributed by atoms with E-state index in [-0.39, 0.29) is 18.2 Å². The van der Waals surface area contributed by atoms with Crippen LogP contribution in [-0.4, -0.2) is 22.0 Å². The highest BCUT2D eigenvalue weighted by Crippen LogP contribution is 2.12. The van der Waals surface area contributed by atoms with Crippen molar-refractivity contribution in [2.45, 2.75) is 13.5 Å². The number of nitrogens with one attached hydrogen (secondary N) is 1. The zero-order chi connectivity index (χ0) is 13.1. The number of hydrogen-bond donors (Lipinski definition) is 2. The molecule has 0 saturated carbocycles. The zero-order valence-electron chi connectivity index (χ0n) is 9.47. The van der Waals surface area contributed by atoms with E-state index in [0.717, 1.165) is 0 Å². The molecule has 0 spiro atoms. The van der Waals surface area contributed by atoms with Gasteiger partial charge in [0.2, 0.25) is 5.76 Å². The number of aromatic carboxylic acids is 1. The Kier molecular flexibility index (Phi) is 3.42. The summed E-state index contributed by atoms with van der Waals surface area (Å²) in [5, 5.41) is 11.3. The van der Waals surface area contributed by atoms with Crippen molar-refractivity contribution < 1.29 is 19.1 Å². The van der Waals surface area contributed by atoms with Crippen LogP contribution in [0.15, 0.2) is 22.1 Å². The molecule has 0 fully saturated rings. The van der Waals surface area contributed by atoms with Gasteiger partial charge in [0, 0.05) is 0 Å². The third kappa shape index (κ3) is 2.57. The summed E-state index contributed by atoms with van der Waals surface area (Å²) < 4.78 is 5.02. The van der Waals surface area contributed by atoms with Crippen LogP contribution in [0, 0.1) is 6.92 Å². The van der Waals surface area contributed by atoms with Crippen LogP contribution in [0.5, 0.6) is 0 Å². The van der Waals surface area contributed by atoms with Gasteiger partial charge < -0.3 is 14.8 Å². The Morgan fingerprint density at radius 2 is 2.28 bits per heavy atom. The lowest BCUT2D eigenvalue weighted by molar-refractivity contribution is 0.0660. The molecule has 7 heteroatoms. The summed E-state index contributed by atoms with van der Waals surface area (Å²) in [6, 6.07) is 2.87. The normalized spacial score (nSPS) is 10.3. The molecular weight excluding hydrogens is 256 g/mol. The first-order valence-corrected chi connectivity index (χ1v) is 5.96. The first-order valence-electron chi connectivity index (χ1n) is 5.08. The highest BCUT2D eigenvalue weighted by Gasteiger charge is 2.13. The molecule has 2 aromatic rings. The number of carbonyl (C=O) groups excluding carboxylic acids is 1. The van der Waals surface area contributed by atoms with Gasteiger partial charge in [0.05, 0.1) is 17.7 Å². The number of thiazole rings is 1. The summed E-state index contributed by atoms with van der Waals surface area (Å²) >= 11 is 1.26. The van der Waals surface area contributed by atoms with Crippen LogP contribution in [0.1, 0.15) is 31.7 Å². The van der Waals surface area contributed by atoms with Gasteiger partial charge in [-0.1, -0.05) is 0 Å². The average Bonchev–Trinajstić information content (AvgIpc) is 2.94. The summed E-state index contributed by atoms with van der Waals surface area (Å²) in [5.74, 6) is -1.13. The van der Waals surface area contributed by atoms with Crippen LogP contribution < -0.4 is 5.32 Å². The van der Waals surface area contributed by atoms with Gasteiger partial charge in [-0.2, -0.15) is 0 Å². The lowest BCUT2D eigenvalue weighted by Crippen LogP contribution is -2.22. The molecule has 2 rings (SSSR count). The number of carboxylic acids is 1. The van der Waals surface area contributed by atoms with Crippen molar-refractivity contribution in [3.63, 3.8) is 0 Å². The number of carboxylic acid groups (broad SMARTS) is 1. The first kappa shape index (κ1) is 12.3. The van der Waals surface area contributed by atoms with Crippen LogP contribution >= 0.6 is 11.3 Å². The molecule has 0 radical (unpaired) electrons. The highest BCUT2D eigenvalue weighted by molar-refractivity contribution is 7.11. The number of aromatic nitrogens is 1. The summed E-state index contributed by atoms with van der Waals surface area (Å²) in [4.78, 5) is 26.9. The number of carbonyl (C=O) groups is 2. The van der Waals surface area contributed by atoms with Crippen molar-refractivity contribution in [1.29, 1.82) is 0 Å². The van der Waals surface area contributed by atoms with Crippen molar-refractivity contribution in [2.75, 3.05) is 0 Å². The second kappa shape index (κ2) is 5.01. The lowest BCUT2D eigenvalue weighted by atomic mass is 10.3. The number of amides is 1. The van der Waals surface area contributed by atoms with Crippen LogP contribution in [0.2, 0.25) is 0 Å². The fourth-order valence-electron chi connectivity index (χ4n) is 1.36. The van der Waals surface area contributed by atoms with Gasteiger partial charge in [-0.05, 0) is 19.1 Å². The Hall–Kier alpha value is -2.15. The Morgan fingerprint density at radius 3 is 2.83 bits per heavy atom. The molecule has 0 aliphatic heterocycles. The van der Waals surface area contributed by atoms with Crippen LogP contribution in [0.25, 0.3) is 0 Å². The molecule has 0 aliphatic carbocycles. The zero-order valence-corrected chi connectivity index (χ0v) is 10.3. The highest BCUT2D eigenvalue weighted by atomic mass is 32.1. The molecule has 2 N–H and O–H groups in total. The Labute approximate surface area is 106 Å². The predicted octanol–water partition coefficient (Wildman–Crippen LogP) is 1.67. The Morgan fingerprint density at radius 1 is 1.50 bits per heavy atom. The molecule has 0 atom stereocenters. The van der Waals surface area contributed by atoms with E-state index >= 15 is 0 Å². The Bertz CT molecular complexity index is 587. The standard InChI is InChI=1S/C11H10N2O4S/c1-6-9(18-5-13-6)10(14)12-4-7-2-3-8(17-7)11(15)16/h2-3,5H,4H2,1H3,(H,12,14)(H,15,16). The quantitative estimate of drug-likeness (QED) is 0.878. The monoisotopic (exact) mass is 266 g/mol. The van der Waals surface area contributed by atoms with Gasteiger partial charge in [0.15, 0.2) is 0 Å². The fourth-order valence-corrected chi connectivity index (χ4v) is 2.07. The fraction of sp³-hybridized carbons (Fsp3) is 0.182. The number of hydrogen-bond acceptors (Lipinski definition) is 5. The smallest absolute Gasteiger partial charge is 0.371 e. The average molecular weight is 266 g/mol. The van der Waals surface area contributed by atoms with Crippen molar-refractivity contribution in [3.8, 4) is 0 Å². The van der Waals surface area contributed by atoms with Crippen LogP contribution in [0.4, 0.5) is 0 Å². The molecular formula is C11H10N2O4S. The van der Waals surface area contributed by atoms with E-state index in [1.807, 2.05) is 0 Å². The van der Waals surface area contributed by atoms with E-state index in [2.05, 4.69) is 10.3 Å². The molecule has 18 heavy (non-hydrogen) atoms. The predicted molar refractivity (Wildman–Crippen MR) is 63.7 cm³/mol. The minimum Gasteiger partial charge on any atom is -0.475 e. The second-order valence-corrected chi connectivity index (χ2v) is 4.38. The van der Waals surface area contributed by atoms with Gasteiger partial charge in [-0.3, -0.25) is 4.79 Å². The number of nitrogens with zero attached hydrogens (tertiary/aromatic N) is 1. The molecule has 0 aromatic carbocycles. The minimum atomic E-state index is -1.13. The Balaban J connectivity index is 1.97. The second-order valence-electron chi connectivity index (χ2n) is 3.52. The number of rotatable bonds is 4. The molecule has 0 saturated heterocycles. The maximum absolute atomic E-state index is 11.7. The van der Waals surface area contributed by atoms with Crippen molar-refractivity contribution in [3.05, 3.63) is 39.7 Å². The van der Waals surface area contributed by atoms with E-state index in [9.17, 15) is 9.59 Å². The third-order valence-corrected chi connectivity index (χ3v) is 3.17. The van der Waals surface area contributed by atoms with Crippen molar-refractivity contribution >= 4 is 23.2 Å². The summed E-state index contributed by atoms with van der Waals surface area (Å²) in [6.45, 7) is 1.89. The van der Waals surface area contributed by atoms with E-state index in [1.54, 1.807) is 12.4 Å². The number of aryl methyl sites for hydroxylation is 1. The van der Waals surface area contributed by atoms with Crippen LogP contribution in [0.3, 0.4) is 0 Å². The largest absolute Gasteiger partial charge is 0.475 e. The van der Waals surface area contributed by atoms with E-state index in [4.69, 9.17) is 9.52 Å². The summed E-state index contributed by atoms with van der Waals surface area (Å²) in [6.07, 6.45) is 0. The molecule has 2 aromatic heterocycles. The van der Waals surface area contributed by atoms with Gasteiger partial charge in [-0.15, -0.1) is 11.3 Å². The summed E-state index contributed by atoms with van der Waals surface area (Å²) in [5.41, 5.74) is 2.27. The third-order valence-electron chi connectivity index (χ3n) is 2.25. The topological polar surface area (TPSA) is 92.4 Å². The SMILES string of the molecule is Cc1ncsc1C(=O)NCc1ccc(C(=O)O)o1. The molecule has 1 amide bonds. The van der Waals surface area contributed by atoms with Crippen molar-refractivity contribution in [1.82, 2.24) is 10.3 Å². The van der Waals surface area contributed by atoms with Crippen molar-refractivity contribution in [2.24, 2.45) is 0 Å². The molecule has 0 aliphatic rings. The van der Waals surface area contributed by atoms with Gasteiger partial charge >= 0.3 is 5.97 Å². The van der Waals surface area contributed by atoms with Gasteiger partial charge in [-0.25, -0.2) is 9.78 Å². The number of furan rings is 1. The maximum atomic E-state index is 11.7. The van der Waals surface area contributed by atoms with Gasteiger partial charge in [0.1, 0.15) is 10.6 Å². The molecule has 0 bridgehead atoms. The summed E-state index contributed by atoms with van der Waals surface area (Å²) in [7, 11) is 0. The molecule has 0 unspecified atom stereocenters. The maximum Gasteiger partial charge on any atom is 0.371 e. The molecule has 2 heterocycles. The lowest BCUT2D eigenvalue weighted by Gasteiger charge is -2.01. The molecule has 6 nitrogen and oxygen atoms in total. The van der Waals surface area contributed by atoms with Gasteiger partial charge in [0.25, 0.3) is 5.91 Å². The molecule has 94 valence electrons. The van der Waals surface area contributed by atoms with E-state index in [0.29, 0.717) is 16.3 Å².